The highest BCUT2D eigenvalue weighted by Gasteiger charge is 2.23. The summed E-state index contributed by atoms with van der Waals surface area (Å²) >= 11 is 1.28. The van der Waals surface area contributed by atoms with Gasteiger partial charge in [-0.15, -0.1) is 11.3 Å². The molecule has 160 valence electrons. The summed E-state index contributed by atoms with van der Waals surface area (Å²) in [4.78, 5) is 28.6. The topological polar surface area (TPSA) is 104 Å². The van der Waals surface area contributed by atoms with Gasteiger partial charge in [-0.2, -0.15) is 5.26 Å². The molecule has 2 N–H and O–H groups in total. The van der Waals surface area contributed by atoms with Crippen molar-refractivity contribution in [2.24, 2.45) is 0 Å². The Kier molecular flexibility index (Phi) is 6.29. The SMILES string of the molecule is CC(=O)NC1CCOc2ccc(-c3csc(NC(=O)/C(C#N)=C/c4ccccc4)n3)cc21. The second kappa shape index (κ2) is 9.45. The Morgan fingerprint density at radius 2 is 2.06 bits per heavy atom. The van der Waals surface area contributed by atoms with Crippen LogP contribution in [0.5, 0.6) is 5.75 Å². The van der Waals surface area contributed by atoms with Gasteiger partial charge in [0.25, 0.3) is 5.91 Å². The van der Waals surface area contributed by atoms with Crippen LogP contribution in [-0.2, 0) is 9.59 Å². The first-order valence-electron chi connectivity index (χ1n) is 10.0. The fourth-order valence-corrected chi connectivity index (χ4v) is 4.16. The monoisotopic (exact) mass is 444 g/mol. The van der Waals surface area contributed by atoms with E-state index < -0.39 is 5.91 Å². The molecule has 0 fully saturated rings. The summed E-state index contributed by atoms with van der Waals surface area (Å²) in [5, 5.41) is 17.3. The van der Waals surface area contributed by atoms with Crippen LogP contribution in [0.4, 0.5) is 5.13 Å². The molecule has 0 aliphatic carbocycles. The average Bonchev–Trinajstić information content (AvgIpc) is 3.26. The standard InChI is InChI=1S/C24H20N4O3S/c1-15(29)26-20-9-10-31-22-8-7-17(12-19(20)22)21-14-32-24(27-21)28-23(30)18(13-25)11-16-5-3-2-4-6-16/h2-8,11-12,14,20H,9-10H2,1H3,(H,26,29)(H,27,28,30)/b18-11+. The molecule has 1 aliphatic rings. The van der Waals surface area contributed by atoms with Crippen LogP contribution in [0.2, 0.25) is 0 Å². The highest BCUT2D eigenvalue weighted by atomic mass is 32.1. The number of nitriles is 1. The minimum Gasteiger partial charge on any atom is -0.493 e. The van der Waals surface area contributed by atoms with Crippen molar-refractivity contribution in [2.45, 2.75) is 19.4 Å². The highest BCUT2D eigenvalue weighted by Crippen LogP contribution is 2.36. The summed E-state index contributed by atoms with van der Waals surface area (Å²) in [6.07, 6.45) is 2.23. The molecule has 1 aromatic heterocycles. The number of amides is 2. The molecule has 2 heterocycles. The lowest BCUT2D eigenvalue weighted by Gasteiger charge is -2.26. The molecule has 4 rings (SSSR count). The molecule has 7 nitrogen and oxygen atoms in total. The van der Waals surface area contributed by atoms with E-state index in [1.165, 1.54) is 24.3 Å². The van der Waals surface area contributed by atoms with E-state index in [0.717, 1.165) is 22.4 Å². The second-order valence-corrected chi connectivity index (χ2v) is 8.07. The van der Waals surface area contributed by atoms with E-state index in [1.54, 1.807) is 0 Å². The second-order valence-electron chi connectivity index (χ2n) is 7.22. The van der Waals surface area contributed by atoms with Crippen LogP contribution in [0.15, 0.2) is 59.5 Å². The quantitative estimate of drug-likeness (QED) is 0.451. The molecule has 32 heavy (non-hydrogen) atoms. The van der Waals surface area contributed by atoms with E-state index in [0.29, 0.717) is 23.9 Å². The van der Waals surface area contributed by atoms with Crippen molar-refractivity contribution in [1.29, 1.82) is 5.26 Å². The molecule has 0 bridgehead atoms. The van der Waals surface area contributed by atoms with E-state index in [-0.39, 0.29) is 17.5 Å². The van der Waals surface area contributed by atoms with Crippen molar-refractivity contribution >= 4 is 34.4 Å². The van der Waals surface area contributed by atoms with Gasteiger partial charge in [-0.05, 0) is 29.8 Å². The normalized spacial score (nSPS) is 15.1. The Morgan fingerprint density at radius 3 is 2.81 bits per heavy atom. The van der Waals surface area contributed by atoms with Crippen molar-refractivity contribution in [3.05, 3.63) is 70.6 Å². The van der Waals surface area contributed by atoms with E-state index in [2.05, 4.69) is 15.6 Å². The Bertz CT molecular complexity index is 1230. The number of aromatic nitrogens is 1. The Balaban J connectivity index is 1.53. The van der Waals surface area contributed by atoms with Crippen molar-refractivity contribution in [3.8, 4) is 23.1 Å². The summed E-state index contributed by atoms with van der Waals surface area (Å²) in [6, 6.07) is 16.7. The molecular weight excluding hydrogens is 424 g/mol. The number of nitrogens with one attached hydrogen (secondary N) is 2. The van der Waals surface area contributed by atoms with Gasteiger partial charge in [0.05, 0.1) is 18.3 Å². The average molecular weight is 445 g/mol. The molecule has 0 saturated carbocycles. The summed E-state index contributed by atoms with van der Waals surface area (Å²) in [5.41, 5.74) is 3.20. The molecule has 1 unspecified atom stereocenters. The van der Waals surface area contributed by atoms with Crippen molar-refractivity contribution < 1.29 is 14.3 Å². The maximum absolute atomic E-state index is 12.5. The van der Waals surface area contributed by atoms with Crippen LogP contribution < -0.4 is 15.4 Å². The first-order chi connectivity index (χ1) is 15.5. The fraction of sp³-hybridized carbons (Fsp3) is 0.167. The van der Waals surface area contributed by atoms with E-state index in [9.17, 15) is 14.9 Å². The summed E-state index contributed by atoms with van der Waals surface area (Å²) in [7, 11) is 0. The van der Waals surface area contributed by atoms with Crippen LogP contribution in [0, 0.1) is 11.3 Å². The smallest absolute Gasteiger partial charge is 0.268 e. The Morgan fingerprint density at radius 1 is 1.25 bits per heavy atom. The van der Waals surface area contributed by atoms with Gasteiger partial charge in [0, 0.05) is 29.9 Å². The third-order valence-corrected chi connectivity index (χ3v) is 5.68. The van der Waals surface area contributed by atoms with Crippen LogP contribution in [0.25, 0.3) is 17.3 Å². The third-order valence-electron chi connectivity index (χ3n) is 4.92. The van der Waals surface area contributed by atoms with Crippen molar-refractivity contribution in [2.75, 3.05) is 11.9 Å². The van der Waals surface area contributed by atoms with Gasteiger partial charge in [-0.1, -0.05) is 30.3 Å². The zero-order valence-corrected chi connectivity index (χ0v) is 18.1. The van der Waals surface area contributed by atoms with Gasteiger partial charge in [0.1, 0.15) is 17.4 Å². The lowest BCUT2D eigenvalue weighted by molar-refractivity contribution is -0.120. The predicted molar refractivity (Wildman–Crippen MR) is 123 cm³/mol. The lowest BCUT2D eigenvalue weighted by Crippen LogP contribution is -2.30. The molecule has 2 amide bonds. The van der Waals surface area contributed by atoms with Gasteiger partial charge in [0.15, 0.2) is 5.13 Å². The predicted octanol–water partition coefficient (Wildman–Crippen LogP) is 4.32. The van der Waals surface area contributed by atoms with Crippen LogP contribution in [-0.4, -0.2) is 23.4 Å². The highest BCUT2D eigenvalue weighted by molar-refractivity contribution is 7.14. The van der Waals surface area contributed by atoms with Gasteiger partial charge in [-0.3, -0.25) is 14.9 Å². The van der Waals surface area contributed by atoms with Crippen LogP contribution in [0.1, 0.15) is 30.5 Å². The van der Waals surface area contributed by atoms with Crippen molar-refractivity contribution in [1.82, 2.24) is 10.3 Å². The number of hydrogen-bond acceptors (Lipinski definition) is 6. The maximum atomic E-state index is 12.5. The molecule has 0 spiro atoms. The molecule has 8 heteroatoms. The first kappa shape index (κ1) is 21.3. The fourth-order valence-electron chi connectivity index (χ4n) is 3.44. The van der Waals surface area contributed by atoms with Gasteiger partial charge >= 0.3 is 0 Å². The lowest BCUT2D eigenvalue weighted by atomic mass is 9.97. The van der Waals surface area contributed by atoms with Gasteiger partial charge in [0.2, 0.25) is 5.91 Å². The van der Waals surface area contributed by atoms with Crippen LogP contribution >= 0.6 is 11.3 Å². The summed E-state index contributed by atoms with van der Waals surface area (Å²) in [6.45, 7) is 2.04. The van der Waals surface area contributed by atoms with E-state index in [4.69, 9.17) is 4.74 Å². The molecule has 1 atom stereocenters. The molecule has 3 aromatic rings. The number of ether oxygens (including phenoxy) is 1. The molecule has 2 aromatic carbocycles. The number of carbonyl (C=O) groups excluding carboxylic acids is 2. The third kappa shape index (κ3) is 4.85. The van der Waals surface area contributed by atoms with E-state index in [1.807, 2.05) is 60.0 Å². The van der Waals surface area contributed by atoms with E-state index >= 15 is 0 Å². The zero-order chi connectivity index (χ0) is 22.5. The minimum absolute atomic E-state index is 0.00275. The largest absolute Gasteiger partial charge is 0.493 e. The maximum Gasteiger partial charge on any atom is 0.268 e. The molecular formula is C24H20N4O3S. The summed E-state index contributed by atoms with van der Waals surface area (Å²) < 4.78 is 5.71. The number of rotatable bonds is 5. The molecule has 1 aliphatic heterocycles. The number of anilines is 1. The van der Waals surface area contributed by atoms with Gasteiger partial charge < -0.3 is 10.1 Å². The zero-order valence-electron chi connectivity index (χ0n) is 17.3. The number of hydrogen-bond donors (Lipinski definition) is 2. The number of benzene rings is 2. The Labute approximate surface area is 189 Å². The summed E-state index contributed by atoms with van der Waals surface area (Å²) in [5.74, 6) is 0.137. The number of carbonyl (C=O) groups is 2. The minimum atomic E-state index is -0.512. The first-order valence-corrected chi connectivity index (χ1v) is 10.9. The number of nitrogens with zero attached hydrogens (tertiary/aromatic N) is 2. The molecule has 0 radical (unpaired) electrons. The Hall–Kier alpha value is -3.96. The number of fused-ring (bicyclic) bond motifs is 1. The molecule has 0 saturated heterocycles. The van der Waals surface area contributed by atoms with Crippen LogP contribution in [0.3, 0.4) is 0 Å². The number of thiazole rings is 1. The van der Waals surface area contributed by atoms with Gasteiger partial charge in [-0.25, -0.2) is 4.98 Å². The van der Waals surface area contributed by atoms with Crippen molar-refractivity contribution in [3.63, 3.8) is 0 Å².